The molecule has 1 aliphatic rings. The zero-order chi connectivity index (χ0) is 53.8. The lowest BCUT2D eigenvalue weighted by Crippen LogP contribution is -2.60. The number of rotatable bonds is 53. The molecule has 0 aromatic carbocycles. The molecule has 1 aliphatic heterocycles. The van der Waals surface area contributed by atoms with Gasteiger partial charge in [0.2, 0.25) is 5.91 Å². The van der Waals surface area contributed by atoms with E-state index in [0.717, 1.165) is 89.9 Å². The van der Waals surface area contributed by atoms with Crippen molar-refractivity contribution in [2.75, 3.05) is 19.8 Å². The van der Waals surface area contributed by atoms with Crippen molar-refractivity contribution >= 4 is 11.9 Å². The molecule has 0 spiro atoms. The van der Waals surface area contributed by atoms with Crippen molar-refractivity contribution in [1.29, 1.82) is 0 Å². The Morgan fingerprint density at radius 3 is 1.34 bits per heavy atom. The normalized spacial score (nSPS) is 19.1. The van der Waals surface area contributed by atoms with Crippen LogP contribution >= 0.6 is 0 Å². The van der Waals surface area contributed by atoms with E-state index in [0.29, 0.717) is 19.4 Å². The van der Waals surface area contributed by atoms with Crippen LogP contribution in [0, 0.1) is 0 Å². The smallest absolute Gasteiger partial charge is 0.305 e. The number of aliphatic hydroxyl groups excluding tert-OH is 5. The third kappa shape index (κ3) is 41.7. The second kappa shape index (κ2) is 52.7. The van der Waals surface area contributed by atoms with Crippen molar-refractivity contribution in [1.82, 2.24) is 5.32 Å². The van der Waals surface area contributed by atoms with Gasteiger partial charge in [0.1, 0.15) is 24.4 Å². The first-order valence-corrected chi connectivity index (χ1v) is 30.9. The van der Waals surface area contributed by atoms with Crippen LogP contribution in [-0.4, -0.2) is 100 Å². The van der Waals surface area contributed by atoms with E-state index in [2.05, 4.69) is 55.6 Å². The maximum absolute atomic E-state index is 13.0. The topological polar surface area (TPSA) is 175 Å². The number of hydrogen-bond donors (Lipinski definition) is 6. The van der Waals surface area contributed by atoms with E-state index in [1.807, 2.05) is 6.08 Å². The Labute approximate surface area is 453 Å². The molecule has 11 heteroatoms. The largest absolute Gasteiger partial charge is 0.466 e. The average molecular weight is 1050 g/mol. The van der Waals surface area contributed by atoms with Gasteiger partial charge < -0.3 is 45.1 Å². The van der Waals surface area contributed by atoms with E-state index >= 15 is 0 Å². The quantitative estimate of drug-likeness (QED) is 0.0195. The third-order valence-electron chi connectivity index (χ3n) is 14.4. The number of nitrogens with one attached hydrogen (secondary N) is 1. The first-order valence-electron chi connectivity index (χ1n) is 30.9. The first kappa shape index (κ1) is 69.6. The van der Waals surface area contributed by atoms with E-state index in [9.17, 15) is 35.1 Å². The maximum Gasteiger partial charge on any atom is 0.305 e. The molecule has 1 saturated heterocycles. The second-order valence-corrected chi connectivity index (χ2v) is 21.4. The molecule has 6 N–H and O–H groups in total. The Kier molecular flexibility index (Phi) is 49.6. The summed E-state index contributed by atoms with van der Waals surface area (Å²) in [5.74, 6) is -0.214. The molecule has 1 rings (SSSR count). The molecule has 11 nitrogen and oxygen atoms in total. The minimum Gasteiger partial charge on any atom is -0.466 e. The van der Waals surface area contributed by atoms with Crippen molar-refractivity contribution < 1.29 is 49.3 Å². The van der Waals surface area contributed by atoms with Crippen LogP contribution in [0.25, 0.3) is 0 Å². The number of aliphatic hydroxyl groups is 5. The number of amides is 1. The van der Waals surface area contributed by atoms with Crippen molar-refractivity contribution in [3.8, 4) is 0 Å². The number of carbonyl (C=O) groups is 2. The highest BCUT2D eigenvalue weighted by molar-refractivity contribution is 5.76. The Morgan fingerprint density at radius 2 is 0.878 bits per heavy atom. The SMILES string of the molecule is CCCCCCC/C=C/CC/C=C/CC/C=C/C(O)C(COC1OC(CO)C(O)C(O)C1O)NC(=O)CCCCCCCCC/C=C\CCCCCCCCCCCOC(=O)CCCCCCCCCCCCC. The van der Waals surface area contributed by atoms with Crippen LogP contribution in [0.4, 0.5) is 0 Å². The van der Waals surface area contributed by atoms with E-state index in [1.165, 1.54) is 161 Å². The van der Waals surface area contributed by atoms with Gasteiger partial charge in [-0.15, -0.1) is 0 Å². The Morgan fingerprint density at radius 1 is 0.486 bits per heavy atom. The van der Waals surface area contributed by atoms with Gasteiger partial charge in [-0.2, -0.15) is 0 Å². The van der Waals surface area contributed by atoms with Crippen LogP contribution in [0.3, 0.4) is 0 Å². The molecule has 0 aromatic heterocycles. The molecule has 1 heterocycles. The van der Waals surface area contributed by atoms with E-state index < -0.39 is 49.5 Å². The predicted octanol–water partition coefficient (Wildman–Crippen LogP) is 14.5. The molecule has 0 saturated carbocycles. The molecule has 0 radical (unpaired) electrons. The Hall–Kier alpha value is -2.38. The van der Waals surface area contributed by atoms with Gasteiger partial charge in [-0.25, -0.2) is 0 Å². The fraction of sp³-hybridized carbons (Fsp3) is 0.841. The fourth-order valence-corrected chi connectivity index (χ4v) is 9.46. The summed E-state index contributed by atoms with van der Waals surface area (Å²) >= 11 is 0. The minimum atomic E-state index is -1.58. The lowest BCUT2D eigenvalue weighted by Gasteiger charge is -2.40. The van der Waals surface area contributed by atoms with Gasteiger partial charge in [0.25, 0.3) is 0 Å². The lowest BCUT2D eigenvalue weighted by atomic mass is 9.99. The molecule has 74 heavy (non-hydrogen) atoms. The monoisotopic (exact) mass is 1050 g/mol. The van der Waals surface area contributed by atoms with Crippen LogP contribution in [-0.2, 0) is 23.8 Å². The number of unbranched alkanes of at least 4 members (excludes halogenated alkanes) is 33. The molecule has 7 unspecified atom stereocenters. The van der Waals surface area contributed by atoms with Crippen LogP contribution in [0.15, 0.2) is 48.6 Å². The van der Waals surface area contributed by atoms with E-state index in [4.69, 9.17) is 14.2 Å². The highest BCUT2D eigenvalue weighted by Gasteiger charge is 2.44. The second-order valence-electron chi connectivity index (χ2n) is 21.4. The lowest BCUT2D eigenvalue weighted by molar-refractivity contribution is -0.302. The molecule has 1 fully saturated rings. The minimum absolute atomic E-state index is 0.00927. The van der Waals surface area contributed by atoms with E-state index in [-0.39, 0.29) is 18.5 Å². The summed E-state index contributed by atoms with van der Waals surface area (Å²) < 4.78 is 16.7. The maximum atomic E-state index is 13.0. The van der Waals surface area contributed by atoms with Gasteiger partial charge in [0.15, 0.2) is 6.29 Å². The van der Waals surface area contributed by atoms with Gasteiger partial charge in [-0.1, -0.05) is 229 Å². The number of hydrogen-bond acceptors (Lipinski definition) is 10. The molecule has 0 bridgehead atoms. The summed E-state index contributed by atoms with van der Waals surface area (Å²) in [5, 5.41) is 54.4. The zero-order valence-corrected chi connectivity index (χ0v) is 47.6. The van der Waals surface area contributed by atoms with E-state index in [1.54, 1.807) is 6.08 Å². The summed E-state index contributed by atoms with van der Waals surface area (Å²) in [6, 6.07) is -0.842. The van der Waals surface area contributed by atoms with Crippen LogP contribution in [0.2, 0.25) is 0 Å². The van der Waals surface area contributed by atoms with Crippen molar-refractivity contribution in [2.24, 2.45) is 0 Å². The molecular formula is C63H115NO10. The Bertz CT molecular complexity index is 1370. The highest BCUT2D eigenvalue weighted by atomic mass is 16.7. The number of esters is 1. The number of ether oxygens (including phenoxy) is 3. The average Bonchev–Trinajstić information content (AvgIpc) is 3.40. The Balaban J connectivity index is 2.13. The molecular weight excluding hydrogens is 931 g/mol. The summed E-state index contributed by atoms with van der Waals surface area (Å²) in [5.41, 5.74) is 0. The summed E-state index contributed by atoms with van der Waals surface area (Å²) in [7, 11) is 0. The summed E-state index contributed by atoms with van der Waals surface area (Å²) in [6.45, 7) is 4.30. The van der Waals surface area contributed by atoms with Gasteiger partial charge in [0, 0.05) is 12.8 Å². The molecule has 432 valence electrons. The van der Waals surface area contributed by atoms with Crippen LogP contribution < -0.4 is 5.32 Å². The predicted molar refractivity (Wildman–Crippen MR) is 306 cm³/mol. The van der Waals surface area contributed by atoms with Crippen LogP contribution in [0.1, 0.15) is 277 Å². The molecule has 0 aliphatic carbocycles. The van der Waals surface area contributed by atoms with Crippen molar-refractivity contribution in [3.63, 3.8) is 0 Å². The third-order valence-corrected chi connectivity index (χ3v) is 14.4. The fourth-order valence-electron chi connectivity index (χ4n) is 9.46. The highest BCUT2D eigenvalue weighted by Crippen LogP contribution is 2.23. The number of carbonyl (C=O) groups excluding carboxylic acids is 2. The van der Waals surface area contributed by atoms with Crippen LogP contribution in [0.5, 0.6) is 0 Å². The van der Waals surface area contributed by atoms with Crippen molar-refractivity contribution in [2.45, 2.75) is 320 Å². The van der Waals surface area contributed by atoms with Gasteiger partial charge in [-0.3, -0.25) is 9.59 Å². The van der Waals surface area contributed by atoms with Gasteiger partial charge in [0.05, 0.1) is 32.0 Å². The zero-order valence-electron chi connectivity index (χ0n) is 47.6. The summed E-state index contributed by atoms with van der Waals surface area (Å²) in [4.78, 5) is 25.1. The molecule has 0 aromatic rings. The molecule has 1 amide bonds. The van der Waals surface area contributed by atoms with Gasteiger partial charge >= 0.3 is 5.97 Å². The standard InChI is InChI=1S/C63H115NO10/c1-3-5-7-9-11-13-15-16-23-26-30-33-37-41-45-49-56(66)55(54-73-63-62(71)61(70)60(69)57(53-65)74-63)64-58(67)50-46-42-38-34-31-27-24-21-19-17-18-20-22-25-28-32-36-40-44-48-52-72-59(68)51-47-43-39-35-29-14-12-10-8-6-4-2/h15-17,19,30,33,45,49,55-57,60-63,65-66,69-71H,3-14,18,20-29,31-32,34-44,46-48,50-54H2,1-2H3,(H,64,67)/b16-15+,19-17-,33-30+,49-45+. The van der Waals surface area contributed by atoms with Gasteiger partial charge in [-0.05, 0) is 83.5 Å². The van der Waals surface area contributed by atoms with Crippen molar-refractivity contribution in [3.05, 3.63) is 48.6 Å². The first-order chi connectivity index (χ1) is 36.2. The number of allylic oxidation sites excluding steroid dienone is 7. The molecule has 7 atom stereocenters. The summed E-state index contributed by atoms with van der Waals surface area (Å²) in [6.07, 6.45) is 56.3.